The molecule has 50 heavy (non-hydrogen) atoms. The summed E-state index contributed by atoms with van der Waals surface area (Å²) < 4.78 is 68.0. The molecular formula is C48H31NO. The third-order valence-corrected chi connectivity index (χ3v) is 9.51. The highest BCUT2D eigenvalue weighted by atomic mass is 16.3. The van der Waals surface area contributed by atoms with Crippen molar-refractivity contribution >= 4 is 71.3 Å². The summed E-state index contributed by atoms with van der Waals surface area (Å²) in [6.07, 6.45) is 0. The van der Waals surface area contributed by atoms with E-state index >= 15 is 0 Å². The maximum Gasteiger partial charge on any atom is 0.143 e. The molecule has 0 amide bonds. The Bertz CT molecular complexity index is 3270. The molecule has 0 atom stereocenters. The van der Waals surface area contributed by atoms with Crippen LogP contribution in [0.1, 0.15) is 9.60 Å². The van der Waals surface area contributed by atoms with Crippen LogP contribution in [0.5, 0.6) is 0 Å². The van der Waals surface area contributed by atoms with Crippen LogP contribution >= 0.6 is 0 Å². The first-order valence-corrected chi connectivity index (χ1v) is 16.5. The summed E-state index contributed by atoms with van der Waals surface area (Å²) in [5, 5.41) is 6.47. The number of hydrogen-bond acceptors (Lipinski definition) is 2. The van der Waals surface area contributed by atoms with E-state index in [1.807, 2.05) is 103 Å². The first-order valence-electron chi connectivity index (χ1n) is 20.0. The molecule has 1 aromatic heterocycles. The highest BCUT2D eigenvalue weighted by molar-refractivity contribution is 6.10. The average Bonchev–Trinajstić information content (AvgIpc) is 3.64. The molecule has 9 aromatic carbocycles. The van der Waals surface area contributed by atoms with Gasteiger partial charge in [0.25, 0.3) is 0 Å². The van der Waals surface area contributed by atoms with Gasteiger partial charge in [0.05, 0.1) is 9.60 Å². The SMILES string of the molecule is [2H]c1c([2H])c([2H])c2c([2H])c(N(c3ccc(-c4ccc5c(ccc6ccccc65)c4)cc3)c3ccc(-c4cccc5c4oc4ccccc45)cc3)c([2H])c([2H])c2c1[2H]. The van der Waals surface area contributed by atoms with Crippen molar-refractivity contribution in [3.05, 3.63) is 188 Å². The molecule has 234 valence electrons. The van der Waals surface area contributed by atoms with E-state index < -0.39 is 24.2 Å². The second-order valence-electron chi connectivity index (χ2n) is 12.4. The molecule has 0 spiro atoms. The van der Waals surface area contributed by atoms with Gasteiger partial charge in [0.15, 0.2) is 0 Å². The van der Waals surface area contributed by atoms with Crippen molar-refractivity contribution in [2.45, 2.75) is 0 Å². The van der Waals surface area contributed by atoms with E-state index in [1.54, 1.807) is 4.90 Å². The van der Waals surface area contributed by atoms with Crippen LogP contribution in [0.2, 0.25) is 0 Å². The second-order valence-corrected chi connectivity index (χ2v) is 12.4. The molecule has 0 bridgehead atoms. The summed E-state index contributed by atoms with van der Waals surface area (Å²) in [5.74, 6) is 0. The van der Waals surface area contributed by atoms with E-state index in [9.17, 15) is 2.74 Å². The Morgan fingerprint density at radius 3 is 1.92 bits per heavy atom. The Balaban J connectivity index is 1.13. The molecule has 1 heterocycles. The van der Waals surface area contributed by atoms with Gasteiger partial charge in [-0.2, -0.15) is 0 Å². The molecule has 10 rings (SSSR count). The maximum absolute atomic E-state index is 9.44. The first kappa shape index (κ1) is 22.1. The van der Waals surface area contributed by atoms with Gasteiger partial charge >= 0.3 is 0 Å². The van der Waals surface area contributed by atoms with Gasteiger partial charge in [-0.3, -0.25) is 0 Å². The summed E-state index contributed by atoms with van der Waals surface area (Å²) >= 11 is 0. The van der Waals surface area contributed by atoms with E-state index in [2.05, 4.69) is 42.5 Å². The molecule has 0 fully saturated rings. The van der Waals surface area contributed by atoms with Crippen molar-refractivity contribution < 1.29 is 14.0 Å². The fraction of sp³-hybridized carbons (Fsp3) is 0. The standard InChI is InChI=1S/C48H31NO/c1-2-10-36-31-41(28-20-32(36)8-1)49(40-26-21-35(22-27-40)44-13-7-14-46-45-12-5-6-15-47(45)50-48(44)46)39-24-18-33(19-25-39)37-23-29-43-38(30-37)17-16-34-9-3-4-11-42(34)43/h1-31H/i1D,2D,8D,10D,20D,28D,31D. The van der Waals surface area contributed by atoms with Gasteiger partial charge in [-0.25, -0.2) is 0 Å². The minimum absolute atomic E-state index is 0.0370. The van der Waals surface area contributed by atoms with E-state index in [4.69, 9.17) is 11.3 Å². The summed E-state index contributed by atoms with van der Waals surface area (Å²) in [4.78, 5) is 1.73. The van der Waals surface area contributed by atoms with E-state index in [-0.39, 0.29) is 34.6 Å². The predicted molar refractivity (Wildman–Crippen MR) is 212 cm³/mol. The van der Waals surface area contributed by atoms with Gasteiger partial charge in [-0.15, -0.1) is 0 Å². The fourth-order valence-corrected chi connectivity index (χ4v) is 7.05. The Labute approximate surface area is 299 Å². The van der Waals surface area contributed by atoms with Crippen molar-refractivity contribution in [1.29, 1.82) is 0 Å². The van der Waals surface area contributed by atoms with Gasteiger partial charge < -0.3 is 9.32 Å². The topological polar surface area (TPSA) is 16.4 Å². The van der Waals surface area contributed by atoms with Crippen molar-refractivity contribution in [2.75, 3.05) is 4.90 Å². The van der Waals surface area contributed by atoms with E-state index in [0.29, 0.717) is 11.4 Å². The molecule has 0 aliphatic carbocycles. The largest absolute Gasteiger partial charge is 0.455 e. The maximum atomic E-state index is 9.44. The smallest absolute Gasteiger partial charge is 0.143 e. The number of rotatable bonds is 5. The lowest BCUT2D eigenvalue weighted by molar-refractivity contribution is 0.670. The number of benzene rings is 9. The number of furan rings is 1. The Hall–Kier alpha value is -6.64. The first-order chi connectivity index (χ1) is 27.7. The minimum atomic E-state index is -0.503. The molecule has 10 aromatic rings. The van der Waals surface area contributed by atoms with E-state index in [0.717, 1.165) is 49.6 Å². The molecule has 0 radical (unpaired) electrons. The normalized spacial score (nSPS) is 13.6. The number of nitrogens with zero attached hydrogens (tertiary/aromatic N) is 1. The number of hydrogen-bond donors (Lipinski definition) is 0. The van der Waals surface area contributed by atoms with Crippen molar-refractivity contribution in [3.8, 4) is 22.3 Å². The lowest BCUT2D eigenvalue weighted by atomic mass is 9.97. The third-order valence-electron chi connectivity index (χ3n) is 9.51. The third kappa shape index (κ3) is 4.73. The second kappa shape index (κ2) is 11.5. The quantitative estimate of drug-likeness (QED) is 0.173. The summed E-state index contributed by atoms with van der Waals surface area (Å²) in [6.45, 7) is 0. The number of anilines is 3. The zero-order chi connectivity index (χ0) is 39.1. The Kier molecular flexibility index (Phi) is 5.08. The van der Waals surface area contributed by atoms with Crippen molar-refractivity contribution in [2.24, 2.45) is 0 Å². The van der Waals surface area contributed by atoms with Crippen LogP contribution in [0.15, 0.2) is 192 Å². The van der Waals surface area contributed by atoms with Gasteiger partial charge in [0.1, 0.15) is 11.2 Å². The van der Waals surface area contributed by atoms with Crippen molar-refractivity contribution in [1.82, 2.24) is 0 Å². The molecule has 0 aliphatic rings. The Morgan fingerprint density at radius 1 is 0.420 bits per heavy atom. The molecule has 0 aliphatic heterocycles. The van der Waals surface area contributed by atoms with E-state index in [1.165, 1.54) is 16.2 Å². The summed E-state index contributed by atoms with van der Waals surface area (Å²) in [6, 6.07) is 45.7. The molecule has 2 nitrogen and oxygen atoms in total. The number of fused-ring (bicyclic) bond motifs is 7. The van der Waals surface area contributed by atoms with Gasteiger partial charge in [-0.1, -0.05) is 139 Å². The summed E-state index contributed by atoms with van der Waals surface area (Å²) in [5.41, 5.74) is 6.61. The predicted octanol–water partition coefficient (Wildman–Crippen LogP) is 13.8. The van der Waals surface area contributed by atoms with Crippen LogP contribution in [0.4, 0.5) is 17.1 Å². The zero-order valence-electron chi connectivity index (χ0n) is 33.7. The average molecular weight is 645 g/mol. The van der Waals surface area contributed by atoms with Crippen LogP contribution in [0, 0.1) is 0 Å². The monoisotopic (exact) mass is 644 g/mol. The van der Waals surface area contributed by atoms with Gasteiger partial charge in [0, 0.05) is 33.4 Å². The molecular weight excluding hydrogens is 607 g/mol. The molecule has 0 unspecified atom stereocenters. The highest BCUT2D eigenvalue weighted by Crippen LogP contribution is 2.40. The van der Waals surface area contributed by atoms with Crippen LogP contribution < -0.4 is 4.90 Å². The van der Waals surface area contributed by atoms with Crippen molar-refractivity contribution in [3.63, 3.8) is 0 Å². The lowest BCUT2D eigenvalue weighted by Crippen LogP contribution is -2.09. The lowest BCUT2D eigenvalue weighted by Gasteiger charge is -2.26. The minimum Gasteiger partial charge on any atom is -0.455 e. The van der Waals surface area contributed by atoms with Crippen LogP contribution in [0.25, 0.3) is 76.5 Å². The Morgan fingerprint density at radius 2 is 1.08 bits per heavy atom. The zero-order valence-corrected chi connectivity index (χ0v) is 26.7. The number of para-hydroxylation sites is 2. The molecule has 0 saturated carbocycles. The molecule has 2 heteroatoms. The van der Waals surface area contributed by atoms with Gasteiger partial charge in [-0.05, 0) is 97.5 Å². The van der Waals surface area contributed by atoms with Crippen LogP contribution in [-0.2, 0) is 0 Å². The van der Waals surface area contributed by atoms with Crippen LogP contribution in [-0.4, -0.2) is 0 Å². The fourth-order valence-electron chi connectivity index (χ4n) is 7.05. The molecule has 0 saturated heterocycles. The van der Waals surface area contributed by atoms with Gasteiger partial charge in [0.2, 0.25) is 0 Å². The summed E-state index contributed by atoms with van der Waals surface area (Å²) in [7, 11) is 0. The highest BCUT2D eigenvalue weighted by Gasteiger charge is 2.16. The molecule has 0 N–H and O–H groups in total. The van der Waals surface area contributed by atoms with Crippen LogP contribution in [0.3, 0.4) is 0 Å².